The van der Waals surface area contributed by atoms with Crippen LogP contribution in [0, 0.1) is 17.3 Å². The maximum absolute atomic E-state index is 13.2. The minimum atomic E-state index is -0.446. The summed E-state index contributed by atoms with van der Waals surface area (Å²) in [4.78, 5) is 36.7. The Morgan fingerprint density at radius 1 is 1.09 bits per heavy atom. The number of fused-ring (bicyclic) bond motifs is 5. The zero-order chi connectivity index (χ0) is 24.7. The second-order valence-electron chi connectivity index (χ2n) is 10.5. The van der Waals surface area contributed by atoms with Gasteiger partial charge in [0, 0.05) is 19.3 Å². The lowest BCUT2D eigenvalue weighted by Gasteiger charge is -2.50. The van der Waals surface area contributed by atoms with Gasteiger partial charge in [-0.2, -0.15) is 0 Å². The van der Waals surface area contributed by atoms with Crippen LogP contribution >= 0.6 is 0 Å². The van der Waals surface area contributed by atoms with E-state index in [0.29, 0.717) is 34.8 Å². The van der Waals surface area contributed by atoms with Crippen molar-refractivity contribution in [2.24, 2.45) is 17.3 Å². The van der Waals surface area contributed by atoms with Crippen molar-refractivity contribution in [2.75, 3.05) is 0 Å². The number of ketones is 1. The third-order valence-electron chi connectivity index (χ3n) is 8.51. The molecule has 1 aromatic carbocycles. The first-order chi connectivity index (χ1) is 16.8. The van der Waals surface area contributed by atoms with Crippen LogP contribution in [0.2, 0.25) is 0 Å². The molecule has 2 saturated carbocycles. The number of carbonyl (C=O) groups excluding carboxylic acids is 3. The van der Waals surface area contributed by atoms with Crippen LogP contribution in [0.15, 0.2) is 41.0 Å². The Morgan fingerprint density at radius 3 is 2.63 bits per heavy atom. The molecule has 0 amide bonds. The number of carbonyl (C=O) groups is 3. The Labute approximate surface area is 205 Å². The molecule has 0 unspecified atom stereocenters. The molecule has 0 aliphatic heterocycles. The summed E-state index contributed by atoms with van der Waals surface area (Å²) in [5.74, 6) is 1.36. The van der Waals surface area contributed by atoms with E-state index < -0.39 is 5.97 Å². The van der Waals surface area contributed by atoms with E-state index in [2.05, 4.69) is 6.92 Å². The standard InChI is InChI=1S/C29H32O6/c1-17(30)34-27-15-19-6-8-22-21(12-13-29(3)25(22)9-11-28(29)35-18(2)31)23(19)16-24(27)26(32)10-7-20-5-4-14-33-20/h4-5,7,10,14-16,21-22,25,28H,6,8-9,11-13H2,1-3H3/b10-7+/t21-,22+,25-,28-,29-/m0/s1. The largest absolute Gasteiger partial charge is 0.465 e. The average molecular weight is 477 g/mol. The molecule has 6 heteroatoms. The Bertz CT molecular complexity index is 1180. The third-order valence-corrected chi connectivity index (χ3v) is 8.51. The number of benzene rings is 1. The SMILES string of the molecule is CC(=O)Oc1cc2c(cc1C(=O)/C=C/c1ccco1)[C@H]1CC[C@]3(C)[C@@H](OC(C)=O)CC[C@H]3[C@@H]1CC2. The predicted molar refractivity (Wildman–Crippen MR) is 130 cm³/mol. The van der Waals surface area contributed by atoms with Gasteiger partial charge in [-0.1, -0.05) is 6.92 Å². The second-order valence-corrected chi connectivity index (χ2v) is 10.5. The Hall–Kier alpha value is -3.15. The van der Waals surface area contributed by atoms with Crippen molar-refractivity contribution in [1.82, 2.24) is 0 Å². The number of hydrogen-bond acceptors (Lipinski definition) is 6. The average Bonchev–Trinajstić information content (AvgIpc) is 3.44. The molecule has 1 aromatic heterocycles. The highest BCUT2D eigenvalue weighted by molar-refractivity contribution is 6.09. The molecule has 3 aliphatic carbocycles. The molecule has 35 heavy (non-hydrogen) atoms. The van der Waals surface area contributed by atoms with Crippen molar-refractivity contribution in [3.8, 4) is 5.75 Å². The number of hydrogen-bond donors (Lipinski definition) is 0. The van der Waals surface area contributed by atoms with Crippen molar-refractivity contribution < 1.29 is 28.3 Å². The third kappa shape index (κ3) is 4.35. The molecule has 184 valence electrons. The molecule has 0 radical (unpaired) electrons. The summed E-state index contributed by atoms with van der Waals surface area (Å²) in [6.45, 7) is 5.14. The molecule has 0 N–H and O–H groups in total. The first-order valence-corrected chi connectivity index (χ1v) is 12.5. The summed E-state index contributed by atoms with van der Waals surface area (Å²) in [5.41, 5.74) is 2.77. The molecule has 2 aromatic rings. The quantitative estimate of drug-likeness (QED) is 0.232. The van der Waals surface area contributed by atoms with Gasteiger partial charge in [0.05, 0.1) is 11.8 Å². The van der Waals surface area contributed by atoms with E-state index in [1.807, 2.05) is 12.1 Å². The maximum Gasteiger partial charge on any atom is 0.308 e. The molecule has 5 rings (SSSR count). The topological polar surface area (TPSA) is 82.8 Å². The van der Waals surface area contributed by atoms with Gasteiger partial charge in [-0.15, -0.1) is 0 Å². The molecular weight excluding hydrogens is 444 g/mol. The number of aryl methyl sites for hydroxylation is 1. The van der Waals surface area contributed by atoms with Crippen LogP contribution < -0.4 is 4.74 Å². The van der Waals surface area contributed by atoms with E-state index in [9.17, 15) is 14.4 Å². The monoisotopic (exact) mass is 476 g/mol. The van der Waals surface area contributed by atoms with Gasteiger partial charge < -0.3 is 13.9 Å². The number of ether oxygens (including phenoxy) is 2. The summed E-state index contributed by atoms with van der Waals surface area (Å²) >= 11 is 0. The minimum Gasteiger partial charge on any atom is -0.465 e. The maximum atomic E-state index is 13.2. The van der Waals surface area contributed by atoms with Crippen molar-refractivity contribution >= 4 is 23.8 Å². The molecule has 3 aliphatic rings. The van der Waals surface area contributed by atoms with E-state index in [1.165, 1.54) is 25.5 Å². The lowest BCUT2D eigenvalue weighted by atomic mass is 9.55. The summed E-state index contributed by atoms with van der Waals surface area (Å²) in [6.07, 6.45) is 10.5. The van der Waals surface area contributed by atoms with Gasteiger partial charge in [0.2, 0.25) is 0 Å². The fourth-order valence-corrected chi connectivity index (χ4v) is 7.01. The highest BCUT2D eigenvalue weighted by Crippen LogP contribution is 2.61. The molecule has 2 fully saturated rings. The first-order valence-electron chi connectivity index (χ1n) is 12.5. The van der Waals surface area contributed by atoms with E-state index in [-0.39, 0.29) is 23.3 Å². The molecular formula is C29H32O6. The molecule has 1 heterocycles. The van der Waals surface area contributed by atoms with Crippen LogP contribution in [0.1, 0.15) is 86.0 Å². The van der Waals surface area contributed by atoms with Crippen molar-refractivity contribution in [3.63, 3.8) is 0 Å². The Kier molecular flexibility index (Phi) is 6.16. The summed E-state index contributed by atoms with van der Waals surface area (Å²) in [7, 11) is 0. The normalized spacial score (nSPS) is 29.2. The molecule has 6 nitrogen and oxygen atoms in total. The van der Waals surface area contributed by atoms with E-state index in [1.54, 1.807) is 24.5 Å². The van der Waals surface area contributed by atoms with Gasteiger partial charge in [0.25, 0.3) is 0 Å². The van der Waals surface area contributed by atoms with Crippen molar-refractivity contribution in [2.45, 2.75) is 71.3 Å². The highest BCUT2D eigenvalue weighted by atomic mass is 16.5. The van der Waals surface area contributed by atoms with Crippen LogP contribution in [0.25, 0.3) is 6.08 Å². The van der Waals surface area contributed by atoms with Crippen LogP contribution in [0.4, 0.5) is 0 Å². The van der Waals surface area contributed by atoms with Crippen molar-refractivity contribution in [3.05, 3.63) is 59.1 Å². The van der Waals surface area contributed by atoms with Gasteiger partial charge >= 0.3 is 11.9 Å². The van der Waals surface area contributed by atoms with Gasteiger partial charge in [-0.25, -0.2) is 0 Å². The van der Waals surface area contributed by atoms with E-state index >= 15 is 0 Å². The van der Waals surface area contributed by atoms with Crippen LogP contribution in [0.3, 0.4) is 0 Å². The van der Waals surface area contributed by atoms with Crippen LogP contribution in [-0.2, 0) is 20.7 Å². The first kappa shape index (κ1) is 23.6. The van der Waals surface area contributed by atoms with E-state index in [4.69, 9.17) is 13.9 Å². The molecule has 0 bridgehead atoms. The highest BCUT2D eigenvalue weighted by Gasteiger charge is 2.56. The number of allylic oxidation sites excluding steroid dienone is 1. The van der Waals surface area contributed by atoms with Crippen LogP contribution in [0.5, 0.6) is 5.75 Å². The van der Waals surface area contributed by atoms with Gasteiger partial charge in [-0.05, 0) is 104 Å². The minimum absolute atomic E-state index is 0.00640. The fraction of sp³-hybridized carbons (Fsp3) is 0.483. The zero-order valence-corrected chi connectivity index (χ0v) is 20.5. The predicted octanol–water partition coefficient (Wildman–Crippen LogP) is 5.89. The van der Waals surface area contributed by atoms with Crippen molar-refractivity contribution in [1.29, 1.82) is 0 Å². The summed E-state index contributed by atoms with van der Waals surface area (Å²) in [5, 5.41) is 0. The molecule has 0 saturated heterocycles. The molecule has 0 spiro atoms. The Balaban J connectivity index is 1.47. The summed E-state index contributed by atoms with van der Waals surface area (Å²) in [6, 6.07) is 7.39. The van der Waals surface area contributed by atoms with E-state index in [0.717, 1.165) is 44.1 Å². The lowest BCUT2D eigenvalue weighted by Crippen LogP contribution is -2.45. The number of furan rings is 1. The number of rotatable bonds is 5. The number of esters is 2. The van der Waals surface area contributed by atoms with Gasteiger partial charge in [-0.3, -0.25) is 14.4 Å². The molecule has 5 atom stereocenters. The summed E-state index contributed by atoms with van der Waals surface area (Å²) < 4.78 is 16.5. The van der Waals surface area contributed by atoms with Gasteiger partial charge in [0.15, 0.2) is 5.78 Å². The fourth-order valence-electron chi connectivity index (χ4n) is 7.01. The lowest BCUT2D eigenvalue weighted by molar-refractivity contribution is -0.154. The zero-order valence-electron chi connectivity index (χ0n) is 20.5. The Morgan fingerprint density at radius 2 is 1.91 bits per heavy atom. The smallest absolute Gasteiger partial charge is 0.308 e. The second kappa shape index (κ2) is 9.14. The van der Waals surface area contributed by atoms with Gasteiger partial charge in [0.1, 0.15) is 17.6 Å². The van der Waals surface area contributed by atoms with Crippen LogP contribution in [-0.4, -0.2) is 23.8 Å².